The molecule has 1 aromatic rings. The van der Waals surface area contributed by atoms with Crippen molar-refractivity contribution in [3.63, 3.8) is 0 Å². The molecular formula is C9H13NO3S2. The molecule has 1 aromatic heterocycles. The third kappa shape index (κ3) is 4.55. The molecule has 0 spiro atoms. The van der Waals surface area contributed by atoms with Gasteiger partial charge in [0.15, 0.2) is 0 Å². The lowest BCUT2D eigenvalue weighted by molar-refractivity contribution is 0.0702. The molecule has 15 heavy (non-hydrogen) atoms. The normalized spacial score (nSPS) is 12.6. The molecule has 2 N–H and O–H groups in total. The number of rotatable bonds is 6. The first kappa shape index (κ1) is 12.4. The molecule has 1 rings (SSSR count). The molecule has 1 unspecified atom stereocenters. The van der Waals surface area contributed by atoms with E-state index < -0.39 is 16.8 Å². The second-order valence-corrected chi connectivity index (χ2v) is 5.75. The van der Waals surface area contributed by atoms with Crippen LogP contribution in [0.3, 0.4) is 0 Å². The number of hydrogen-bond donors (Lipinski definition) is 2. The summed E-state index contributed by atoms with van der Waals surface area (Å²) in [5.41, 5.74) is 0. The summed E-state index contributed by atoms with van der Waals surface area (Å²) < 4.78 is 10.7. The van der Waals surface area contributed by atoms with Gasteiger partial charge in [-0.15, -0.1) is 11.3 Å². The molecule has 4 nitrogen and oxygen atoms in total. The largest absolute Gasteiger partial charge is 0.477 e. The van der Waals surface area contributed by atoms with E-state index in [1.165, 1.54) is 11.3 Å². The minimum absolute atomic E-state index is 0.353. The van der Waals surface area contributed by atoms with Crippen molar-refractivity contribution in [1.82, 2.24) is 5.32 Å². The van der Waals surface area contributed by atoms with E-state index in [9.17, 15) is 9.00 Å². The number of carboxylic acid groups (broad SMARTS) is 1. The van der Waals surface area contributed by atoms with E-state index >= 15 is 0 Å². The molecule has 0 fully saturated rings. The summed E-state index contributed by atoms with van der Waals surface area (Å²) in [6.45, 7) is 1.32. The first-order chi connectivity index (χ1) is 7.09. The maximum absolute atomic E-state index is 10.7. The molecule has 0 aliphatic carbocycles. The van der Waals surface area contributed by atoms with Crippen LogP contribution < -0.4 is 5.32 Å². The highest BCUT2D eigenvalue weighted by Crippen LogP contribution is 2.15. The van der Waals surface area contributed by atoms with Gasteiger partial charge in [0.25, 0.3) is 0 Å². The summed E-state index contributed by atoms with van der Waals surface area (Å²) in [6.07, 6.45) is 1.66. The Labute approximate surface area is 94.8 Å². The van der Waals surface area contributed by atoms with Crippen LogP contribution in [0.25, 0.3) is 0 Å². The van der Waals surface area contributed by atoms with Crippen LogP contribution in [-0.2, 0) is 17.3 Å². The third-order valence-electron chi connectivity index (χ3n) is 1.74. The fourth-order valence-corrected chi connectivity index (χ4v) is 2.26. The highest BCUT2D eigenvalue weighted by molar-refractivity contribution is 7.84. The number of nitrogens with one attached hydrogen (secondary N) is 1. The zero-order valence-corrected chi connectivity index (χ0v) is 9.99. The van der Waals surface area contributed by atoms with E-state index in [4.69, 9.17) is 5.11 Å². The topological polar surface area (TPSA) is 66.4 Å². The molecule has 0 radical (unpaired) electrons. The number of thiophene rings is 1. The molecule has 0 bridgehead atoms. The van der Waals surface area contributed by atoms with Gasteiger partial charge < -0.3 is 10.4 Å². The summed E-state index contributed by atoms with van der Waals surface area (Å²) in [6, 6.07) is 3.39. The SMILES string of the molecule is CS(=O)CCNCc1ccc(C(=O)O)s1. The predicted octanol–water partition coefficient (Wildman–Crippen LogP) is 0.914. The summed E-state index contributed by atoms with van der Waals surface area (Å²) in [4.78, 5) is 11.9. The van der Waals surface area contributed by atoms with Crippen LogP contribution in [0.4, 0.5) is 0 Å². The Balaban J connectivity index is 2.31. The van der Waals surface area contributed by atoms with Crippen molar-refractivity contribution in [2.24, 2.45) is 0 Å². The molecule has 0 aliphatic heterocycles. The van der Waals surface area contributed by atoms with Gasteiger partial charge in [-0.2, -0.15) is 0 Å². The fraction of sp³-hybridized carbons (Fsp3) is 0.444. The first-order valence-corrected chi connectivity index (χ1v) is 6.96. The zero-order chi connectivity index (χ0) is 11.3. The van der Waals surface area contributed by atoms with Crippen molar-refractivity contribution >= 4 is 28.1 Å². The van der Waals surface area contributed by atoms with E-state index in [1.807, 2.05) is 0 Å². The van der Waals surface area contributed by atoms with Gasteiger partial charge in [-0.05, 0) is 12.1 Å². The summed E-state index contributed by atoms with van der Waals surface area (Å²) >= 11 is 1.26. The average Bonchev–Trinajstić information content (AvgIpc) is 2.60. The van der Waals surface area contributed by atoms with Gasteiger partial charge in [0.2, 0.25) is 0 Å². The molecule has 0 saturated heterocycles. The molecule has 1 heterocycles. The molecule has 1 atom stereocenters. The fourth-order valence-electron chi connectivity index (χ4n) is 1.02. The Hall–Kier alpha value is -0.720. The highest BCUT2D eigenvalue weighted by atomic mass is 32.2. The van der Waals surface area contributed by atoms with E-state index in [2.05, 4.69) is 5.32 Å². The Morgan fingerprint density at radius 3 is 2.87 bits per heavy atom. The maximum Gasteiger partial charge on any atom is 0.345 e. The van der Waals surface area contributed by atoms with Crippen molar-refractivity contribution < 1.29 is 14.1 Å². The molecule has 0 aromatic carbocycles. The Morgan fingerprint density at radius 2 is 2.33 bits per heavy atom. The van der Waals surface area contributed by atoms with Gasteiger partial charge in [-0.1, -0.05) is 0 Å². The summed E-state index contributed by atoms with van der Waals surface area (Å²) in [5, 5.41) is 11.8. The van der Waals surface area contributed by atoms with Gasteiger partial charge >= 0.3 is 5.97 Å². The first-order valence-electron chi connectivity index (χ1n) is 4.42. The second-order valence-electron chi connectivity index (χ2n) is 3.03. The number of carboxylic acids is 1. The lowest BCUT2D eigenvalue weighted by atomic mass is 10.4. The standard InChI is InChI=1S/C9H13NO3S2/c1-15(13)5-4-10-6-7-2-3-8(14-7)9(11)12/h2-3,10H,4-6H2,1H3,(H,11,12). The number of carbonyl (C=O) groups is 1. The monoisotopic (exact) mass is 247 g/mol. The van der Waals surface area contributed by atoms with Crippen LogP contribution in [0.2, 0.25) is 0 Å². The zero-order valence-electron chi connectivity index (χ0n) is 8.36. The molecule has 84 valence electrons. The van der Waals surface area contributed by atoms with E-state index in [-0.39, 0.29) is 0 Å². The van der Waals surface area contributed by atoms with Crippen LogP contribution in [0, 0.1) is 0 Å². The lowest BCUT2D eigenvalue weighted by Gasteiger charge is -2.00. The van der Waals surface area contributed by atoms with Crippen LogP contribution in [-0.4, -0.2) is 33.8 Å². The Bertz CT molecular complexity index is 362. The third-order valence-corrected chi connectivity index (χ3v) is 3.59. The van der Waals surface area contributed by atoms with Crippen molar-refractivity contribution in [3.05, 3.63) is 21.9 Å². The van der Waals surface area contributed by atoms with Crippen molar-refractivity contribution in [2.75, 3.05) is 18.6 Å². The Morgan fingerprint density at radius 1 is 1.60 bits per heavy atom. The van der Waals surface area contributed by atoms with Crippen molar-refractivity contribution in [1.29, 1.82) is 0 Å². The van der Waals surface area contributed by atoms with Crippen molar-refractivity contribution in [2.45, 2.75) is 6.54 Å². The maximum atomic E-state index is 10.7. The summed E-state index contributed by atoms with van der Waals surface area (Å²) in [7, 11) is -0.779. The molecule has 6 heteroatoms. The van der Waals surface area contributed by atoms with Crippen LogP contribution in [0.5, 0.6) is 0 Å². The lowest BCUT2D eigenvalue weighted by Crippen LogP contribution is -2.18. The van der Waals surface area contributed by atoms with Gasteiger partial charge in [0, 0.05) is 40.8 Å². The van der Waals surface area contributed by atoms with E-state index in [0.717, 1.165) is 4.88 Å². The highest BCUT2D eigenvalue weighted by Gasteiger charge is 2.06. The minimum Gasteiger partial charge on any atom is -0.477 e. The Kier molecular flexibility index (Phi) is 4.93. The predicted molar refractivity (Wildman–Crippen MR) is 61.9 cm³/mol. The minimum atomic E-state index is -0.888. The number of hydrogen-bond acceptors (Lipinski definition) is 4. The average molecular weight is 247 g/mol. The quantitative estimate of drug-likeness (QED) is 0.733. The summed E-state index contributed by atoms with van der Waals surface area (Å²) in [5.74, 6) is -0.266. The van der Waals surface area contributed by atoms with Crippen LogP contribution in [0.15, 0.2) is 12.1 Å². The van der Waals surface area contributed by atoms with Gasteiger partial charge in [-0.3, -0.25) is 4.21 Å². The van der Waals surface area contributed by atoms with Gasteiger partial charge in [-0.25, -0.2) is 4.79 Å². The van der Waals surface area contributed by atoms with Gasteiger partial charge in [0.1, 0.15) is 4.88 Å². The van der Waals surface area contributed by atoms with Crippen molar-refractivity contribution in [3.8, 4) is 0 Å². The molecular weight excluding hydrogens is 234 g/mol. The second kappa shape index (κ2) is 5.99. The number of aromatic carboxylic acids is 1. The molecule has 0 amide bonds. The smallest absolute Gasteiger partial charge is 0.345 e. The van der Waals surface area contributed by atoms with E-state index in [0.29, 0.717) is 23.7 Å². The molecule has 0 saturated carbocycles. The van der Waals surface area contributed by atoms with Crippen LogP contribution in [0.1, 0.15) is 14.5 Å². The van der Waals surface area contributed by atoms with Gasteiger partial charge in [0.05, 0.1) is 0 Å². The van der Waals surface area contributed by atoms with Crippen LogP contribution >= 0.6 is 11.3 Å². The molecule has 0 aliphatic rings. The van der Waals surface area contributed by atoms with E-state index in [1.54, 1.807) is 18.4 Å².